The number of nitrogens with zero attached hydrogens (tertiary/aromatic N) is 1. The van der Waals surface area contributed by atoms with Crippen molar-refractivity contribution in [1.29, 1.82) is 0 Å². The summed E-state index contributed by atoms with van der Waals surface area (Å²) in [5, 5.41) is 1.14. The smallest absolute Gasteiger partial charge is 0.216 e. The lowest BCUT2D eigenvalue weighted by atomic mass is 9.99. The number of pyridine rings is 1. The maximum atomic E-state index is 6.16. The molecule has 0 spiro atoms. The summed E-state index contributed by atoms with van der Waals surface area (Å²) in [5.74, 6) is 0.933. The fraction of sp³-hybridized carbons (Fsp3) is 0.190. The maximum absolute atomic E-state index is 6.16. The molecule has 2 heterocycles. The number of rotatable bonds is 3. The second kappa shape index (κ2) is 5.88. The highest BCUT2D eigenvalue weighted by atomic mass is 16.3. The lowest BCUT2D eigenvalue weighted by Crippen LogP contribution is -2.30. The molecular weight excluding hydrogens is 282 g/mol. The van der Waals surface area contributed by atoms with Crippen LogP contribution in [0.2, 0.25) is 0 Å². The molecule has 0 fully saturated rings. The Balaban J connectivity index is 2.32. The Labute approximate surface area is 137 Å². The van der Waals surface area contributed by atoms with E-state index < -0.39 is 0 Å². The van der Waals surface area contributed by atoms with Gasteiger partial charge in [0.1, 0.15) is 18.4 Å². The van der Waals surface area contributed by atoms with Crippen molar-refractivity contribution in [3.8, 4) is 11.3 Å². The normalized spacial score (nSPS) is 11.5. The predicted octanol–water partition coefficient (Wildman–Crippen LogP) is 5.13. The second-order valence-electron chi connectivity index (χ2n) is 6.08. The van der Waals surface area contributed by atoms with Crippen molar-refractivity contribution >= 4 is 17.0 Å². The van der Waals surface area contributed by atoms with Gasteiger partial charge in [0.05, 0.1) is 5.56 Å². The number of furan rings is 1. The summed E-state index contributed by atoms with van der Waals surface area (Å²) in [7, 11) is 2.06. The van der Waals surface area contributed by atoms with Gasteiger partial charge in [-0.3, -0.25) is 0 Å². The van der Waals surface area contributed by atoms with Crippen molar-refractivity contribution in [3.63, 3.8) is 0 Å². The number of benzene rings is 1. The highest BCUT2D eigenvalue weighted by molar-refractivity contribution is 5.98. The number of hydrogen-bond donors (Lipinski definition) is 0. The fourth-order valence-electron chi connectivity index (χ4n) is 2.93. The molecule has 0 unspecified atom stereocenters. The largest absolute Gasteiger partial charge is 0.460 e. The van der Waals surface area contributed by atoms with Crippen molar-refractivity contribution in [1.82, 2.24) is 0 Å². The molecule has 1 aromatic carbocycles. The van der Waals surface area contributed by atoms with Gasteiger partial charge >= 0.3 is 0 Å². The van der Waals surface area contributed by atoms with Gasteiger partial charge in [0.15, 0.2) is 6.20 Å². The summed E-state index contributed by atoms with van der Waals surface area (Å²) >= 11 is 0. The van der Waals surface area contributed by atoms with Crippen molar-refractivity contribution < 1.29 is 8.98 Å². The Morgan fingerprint density at radius 1 is 1.17 bits per heavy atom. The summed E-state index contributed by atoms with van der Waals surface area (Å²) in [6, 6.07) is 10.5. The molecule has 23 heavy (non-hydrogen) atoms. The van der Waals surface area contributed by atoms with E-state index in [9.17, 15) is 0 Å². The van der Waals surface area contributed by atoms with E-state index in [1.165, 1.54) is 5.56 Å². The monoisotopic (exact) mass is 304 g/mol. The average Bonchev–Trinajstić information content (AvgIpc) is 2.82. The van der Waals surface area contributed by atoms with Gasteiger partial charge in [-0.2, -0.15) is 0 Å². The summed E-state index contributed by atoms with van der Waals surface area (Å²) in [4.78, 5) is 0. The number of fused-ring (bicyclic) bond motifs is 1. The van der Waals surface area contributed by atoms with Crippen LogP contribution in [0.25, 0.3) is 28.3 Å². The Bertz CT molecular complexity index is 928. The Kier molecular flexibility index (Phi) is 3.91. The average molecular weight is 304 g/mol. The molecule has 0 N–H and O–H groups in total. The molecule has 3 aromatic rings. The van der Waals surface area contributed by atoms with Gasteiger partial charge < -0.3 is 4.42 Å². The first-order valence-electron chi connectivity index (χ1n) is 7.80. The third-order valence-corrected chi connectivity index (χ3v) is 4.14. The quantitative estimate of drug-likeness (QED) is 0.484. The molecule has 3 rings (SSSR count). The number of aromatic nitrogens is 1. The minimum absolute atomic E-state index is 0.933. The minimum Gasteiger partial charge on any atom is -0.460 e. The zero-order chi connectivity index (χ0) is 16.6. The van der Waals surface area contributed by atoms with Crippen LogP contribution in [-0.4, -0.2) is 0 Å². The van der Waals surface area contributed by atoms with Crippen molar-refractivity contribution in [3.05, 3.63) is 71.6 Å². The molecule has 0 aliphatic rings. The topological polar surface area (TPSA) is 17.0 Å². The van der Waals surface area contributed by atoms with Crippen molar-refractivity contribution in [2.24, 2.45) is 7.05 Å². The van der Waals surface area contributed by atoms with Gasteiger partial charge in [-0.1, -0.05) is 36.4 Å². The number of allylic oxidation sites excluding steroid dienone is 2. The van der Waals surface area contributed by atoms with Crippen LogP contribution in [0.1, 0.15) is 23.8 Å². The van der Waals surface area contributed by atoms with E-state index >= 15 is 0 Å². The third-order valence-electron chi connectivity index (χ3n) is 4.14. The van der Waals surface area contributed by atoms with E-state index in [0.29, 0.717) is 0 Å². The van der Waals surface area contributed by atoms with Gasteiger partial charge in [-0.15, -0.1) is 0 Å². The van der Waals surface area contributed by atoms with Gasteiger partial charge in [0, 0.05) is 23.1 Å². The van der Waals surface area contributed by atoms with Gasteiger partial charge in [0.25, 0.3) is 0 Å². The first-order valence-corrected chi connectivity index (χ1v) is 7.80. The van der Waals surface area contributed by atoms with Gasteiger partial charge in [0.2, 0.25) is 5.69 Å². The van der Waals surface area contributed by atoms with E-state index in [1.54, 1.807) is 0 Å². The molecule has 0 atom stereocenters. The third kappa shape index (κ3) is 2.72. The minimum atomic E-state index is 0.933. The maximum Gasteiger partial charge on any atom is 0.216 e. The van der Waals surface area contributed by atoms with Crippen molar-refractivity contribution in [2.75, 3.05) is 0 Å². The molecule has 116 valence electrons. The van der Waals surface area contributed by atoms with Crippen LogP contribution in [0.3, 0.4) is 0 Å². The van der Waals surface area contributed by atoms with E-state index in [2.05, 4.69) is 61.7 Å². The zero-order valence-corrected chi connectivity index (χ0v) is 14.2. The SMILES string of the molecule is C=C(C)/C=C\c1c(C)oc2c(-c3cccc[n+]3C)c(C)ccc12. The molecule has 0 saturated carbocycles. The van der Waals surface area contributed by atoms with Gasteiger partial charge in [-0.25, -0.2) is 4.57 Å². The summed E-state index contributed by atoms with van der Waals surface area (Å²) < 4.78 is 8.29. The Hall–Kier alpha value is -2.61. The highest BCUT2D eigenvalue weighted by Crippen LogP contribution is 2.35. The summed E-state index contributed by atoms with van der Waals surface area (Å²) in [6.07, 6.45) is 6.18. The molecule has 0 saturated heterocycles. The Morgan fingerprint density at radius 3 is 2.65 bits per heavy atom. The highest BCUT2D eigenvalue weighted by Gasteiger charge is 2.20. The molecule has 0 bridgehead atoms. The zero-order valence-electron chi connectivity index (χ0n) is 14.2. The van der Waals surface area contributed by atoms with Crippen LogP contribution < -0.4 is 4.57 Å². The second-order valence-corrected chi connectivity index (χ2v) is 6.08. The first-order chi connectivity index (χ1) is 11.0. The van der Waals surface area contributed by atoms with Crippen LogP contribution in [0.4, 0.5) is 0 Å². The molecule has 0 radical (unpaired) electrons. The number of aryl methyl sites for hydroxylation is 3. The molecule has 0 amide bonds. The van der Waals surface area contributed by atoms with Crippen molar-refractivity contribution in [2.45, 2.75) is 20.8 Å². The summed E-state index contributed by atoms with van der Waals surface area (Å²) in [6.45, 7) is 10.1. The van der Waals surface area contributed by atoms with Crippen LogP contribution >= 0.6 is 0 Å². The van der Waals surface area contributed by atoms with E-state index in [1.807, 2.05) is 26.0 Å². The predicted molar refractivity (Wildman–Crippen MR) is 96.1 cm³/mol. The van der Waals surface area contributed by atoms with Crippen LogP contribution in [0.15, 0.2) is 59.2 Å². The molecule has 0 aliphatic heterocycles. The standard InChI is InChI=1S/C21H22NO/c1-14(2)9-11-17-16(4)23-21-18(17)12-10-15(3)20(21)19-8-6-7-13-22(19)5/h6-13H,1H2,2-5H3/q+1/b11-9-. The lowest BCUT2D eigenvalue weighted by molar-refractivity contribution is -0.660. The molecular formula is C21H22NO+. The first kappa shape index (κ1) is 15.3. The number of hydrogen-bond acceptors (Lipinski definition) is 1. The molecule has 2 nitrogen and oxygen atoms in total. The summed E-state index contributed by atoms with van der Waals surface area (Å²) in [5.41, 5.74) is 6.63. The Morgan fingerprint density at radius 2 is 1.96 bits per heavy atom. The fourth-order valence-corrected chi connectivity index (χ4v) is 2.93. The van der Waals surface area contributed by atoms with E-state index in [0.717, 1.165) is 39.1 Å². The lowest BCUT2D eigenvalue weighted by Gasteiger charge is -2.05. The van der Waals surface area contributed by atoms with E-state index in [4.69, 9.17) is 4.42 Å². The molecule has 2 heteroatoms. The van der Waals surface area contributed by atoms with E-state index in [-0.39, 0.29) is 0 Å². The molecule has 0 aliphatic carbocycles. The van der Waals surface area contributed by atoms with Crippen LogP contribution in [0, 0.1) is 13.8 Å². The van der Waals surface area contributed by atoms with Crippen LogP contribution in [-0.2, 0) is 7.05 Å². The molecule has 2 aromatic heterocycles. The van der Waals surface area contributed by atoms with Crippen LogP contribution in [0.5, 0.6) is 0 Å². The van der Waals surface area contributed by atoms with Gasteiger partial charge in [-0.05, 0) is 32.4 Å².